The Balaban J connectivity index is 1.80. The van der Waals surface area contributed by atoms with Crippen molar-refractivity contribution in [3.63, 3.8) is 0 Å². The number of hydrogen-bond donors (Lipinski definition) is 0. The topological polar surface area (TPSA) is 43.3 Å². The molecule has 0 aliphatic heterocycles. The Hall–Kier alpha value is -1.63. The fraction of sp³-hybridized carbons (Fsp3) is 0.143. The summed E-state index contributed by atoms with van der Waals surface area (Å²) < 4.78 is 19.7. The Morgan fingerprint density at radius 1 is 1.27 bits per heavy atom. The second-order valence-corrected chi connectivity index (χ2v) is 6.58. The Morgan fingerprint density at radius 2 is 2.14 bits per heavy atom. The van der Waals surface area contributed by atoms with E-state index >= 15 is 0 Å². The molecule has 0 radical (unpaired) electrons. The Kier molecular flexibility index (Phi) is 3.32. The van der Waals surface area contributed by atoms with E-state index in [2.05, 4.69) is 10.1 Å². The molecule has 0 fully saturated rings. The molecule has 0 saturated carbocycles. The van der Waals surface area contributed by atoms with Crippen LogP contribution in [0, 0.1) is 0 Å². The quantitative estimate of drug-likeness (QED) is 0.518. The van der Waals surface area contributed by atoms with Gasteiger partial charge in [0.1, 0.15) is 16.3 Å². The SMILES string of the molecule is FCCc1nn2cc(-c3cc4c(Cl)cc(Cl)cc4o3)nc2s1. The number of furan rings is 1. The van der Waals surface area contributed by atoms with Crippen molar-refractivity contribution in [3.8, 4) is 11.5 Å². The lowest BCUT2D eigenvalue weighted by Crippen LogP contribution is -1.87. The van der Waals surface area contributed by atoms with Crippen molar-refractivity contribution in [1.29, 1.82) is 0 Å². The highest BCUT2D eigenvalue weighted by Crippen LogP contribution is 2.34. The summed E-state index contributed by atoms with van der Waals surface area (Å²) in [6.45, 7) is -0.424. The summed E-state index contributed by atoms with van der Waals surface area (Å²) in [7, 11) is 0. The van der Waals surface area contributed by atoms with Gasteiger partial charge in [0, 0.05) is 22.9 Å². The van der Waals surface area contributed by atoms with E-state index in [1.807, 2.05) is 6.07 Å². The third-order valence-corrected chi connectivity index (χ3v) is 4.71. The van der Waals surface area contributed by atoms with Gasteiger partial charge < -0.3 is 4.42 Å². The van der Waals surface area contributed by atoms with E-state index in [4.69, 9.17) is 27.6 Å². The number of benzene rings is 1. The van der Waals surface area contributed by atoms with Crippen LogP contribution in [0.15, 0.2) is 28.8 Å². The number of rotatable bonds is 3. The van der Waals surface area contributed by atoms with Crippen molar-refractivity contribution < 1.29 is 8.81 Å². The van der Waals surface area contributed by atoms with Gasteiger partial charge >= 0.3 is 0 Å². The van der Waals surface area contributed by atoms with E-state index in [0.717, 1.165) is 10.4 Å². The number of fused-ring (bicyclic) bond motifs is 2. The Bertz CT molecular complexity index is 959. The van der Waals surface area contributed by atoms with Gasteiger partial charge in [-0.2, -0.15) is 5.10 Å². The maximum atomic E-state index is 12.3. The van der Waals surface area contributed by atoms with Crippen LogP contribution in [0.5, 0.6) is 0 Å². The zero-order chi connectivity index (χ0) is 15.3. The molecule has 0 N–H and O–H groups in total. The smallest absolute Gasteiger partial charge is 0.212 e. The molecule has 0 bridgehead atoms. The summed E-state index contributed by atoms with van der Waals surface area (Å²) in [4.78, 5) is 5.16. The minimum absolute atomic E-state index is 0.308. The predicted molar refractivity (Wildman–Crippen MR) is 85.8 cm³/mol. The van der Waals surface area contributed by atoms with Crippen LogP contribution in [-0.4, -0.2) is 21.3 Å². The summed E-state index contributed by atoms with van der Waals surface area (Å²) >= 11 is 13.5. The molecule has 4 aromatic rings. The van der Waals surface area contributed by atoms with Crippen molar-refractivity contribution in [2.45, 2.75) is 6.42 Å². The third kappa shape index (κ3) is 2.27. The van der Waals surface area contributed by atoms with Gasteiger partial charge in [-0.15, -0.1) is 0 Å². The van der Waals surface area contributed by atoms with E-state index in [1.54, 1.807) is 22.8 Å². The zero-order valence-corrected chi connectivity index (χ0v) is 13.3. The molecule has 0 aliphatic rings. The van der Waals surface area contributed by atoms with Crippen molar-refractivity contribution in [2.75, 3.05) is 6.67 Å². The molecule has 3 aromatic heterocycles. The van der Waals surface area contributed by atoms with Gasteiger partial charge in [0.25, 0.3) is 0 Å². The monoisotopic (exact) mass is 355 g/mol. The number of imidazole rings is 1. The van der Waals surface area contributed by atoms with Gasteiger partial charge in [-0.25, -0.2) is 9.50 Å². The summed E-state index contributed by atoms with van der Waals surface area (Å²) in [6.07, 6.45) is 2.06. The first-order valence-corrected chi connectivity index (χ1v) is 8.01. The molecular formula is C14H8Cl2FN3OS. The lowest BCUT2D eigenvalue weighted by molar-refractivity contribution is 0.493. The molecule has 0 unspecified atom stereocenters. The number of hydrogen-bond acceptors (Lipinski definition) is 4. The van der Waals surface area contributed by atoms with Crippen LogP contribution in [0.1, 0.15) is 5.01 Å². The molecule has 112 valence electrons. The average Bonchev–Trinajstić information content (AvgIpc) is 3.10. The maximum Gasteiger partial charge on any atom is 0.212 e. The molecule has 1 aromatic carbocycles. The second kappa shape index (κ2) is 5.22. The zero-order valence-electron chi connectivity index (χ0n) is 11.0. The highest BCUT2D eigenvalue weighted by molar-refractivity contribution is 7.16. The van der Waals surface area contributed by atoms with Gasteiger partial charge in [0.15, 0.2) is 5.76 Å². The van der Waals surface area contributed by atoms with E-state index in [1.165, 1.54) is 11.3 Å². The first-order chi connectivity index (χ1) is 10.6. The Morgan fingerprint density at radius 3 is 2.91 bits per heavy atom. The third-order valence-electron chi connectivity index (χ3n) is 3.20. The van der Waals surface area contributed by atoms with Crippen LogP contribution in [0.2, 0.25) is 10.0 Å². The summed E-state index contributed by atoms with van der Waals surface area (Å²) in [5.74, 6) is 0.587. The molecule has 0 spiro atoms. The summed E-state index contributed by atoms with van der Waals surface area (Å²) in [6, 6.07) is 5.20. The lowest BCUT2D eigenvalue weighted by atomic mass is 10.2. The number of aromatic nitrogens is 3. The van der Waals surface area contributed by atoms with Crippen LogP contribution in [0.3, 0.4) is 0 Å². The van der Waals surface area contributed by atoms with Crippen molar-refractivity contribution in [1.82, 2.24) is 14.6 Å². The molecule has 0 aliphatic carbocycles. The van der Waals surface area contributed by atoms with Crippen molar-refractivity contribution in [3.05, 3.63) is 39.4 Å². The maximum absolute atomic E-state index is 12.3. The average molecular weight is 356 g/mol. The molecule has 0 atom stereocenters. The molecule has 4 rings (SSSR count). The second-order valence-electron chi connectivity index (χ2n) is 4.70. The fourth-order valence-electron chi connectivity index (χ4n) is 2.23. The van der Waals surface area contributed by atoms with Gasteiger partial charge in [0.2, 0.25) is 4.96 Å². The number of aryl methyl sites for hydroxylation is 1. The van der Waals surface area contributed by atoms with E-state index in [9.17, 15) is 4.39 Å². The standard InChI is InChI=1S/C14H8Cl2FN3OS/c15-7-3-9(16)8-5-12(21-11(8)4-7)10-6-20-14(18-10)22-13(19-20)1-2-17/h3-6H,1-2H2. The molecule has 8 heteroatoms. The van der Waals surface area contributed by atoms with Crippen LogP contribution >= 0.6 is 34.5 Å². The molecule has 0 saturated heterocycles. The van der Waals surface area contributed by atoms with Crippen LogP contribution in [0.4, 0.5) is 4.39 Å². The molecule has 4 nitrogen and oxygen atoms in total. The predicted octanol–water partition coefficient (Wildman–Crippen LogP) is 5.02. The molecular weight excluding hydrogens is 348 g/mol. The van der Waals surface area contributed by atoms with Crippen LogP contribution in [0.25, 0.3) is 27.4 Å². The lowest BCUT2D eigenvalue weighted by Gasteiger charge is -1.92. The van der Waals surface area contributed by atoms with Gasteiger partial charge in [-0.05, 0) is 12.1 Å². The summed E-state index contributed by atoms with van der Waals surface area (Å²) in [5, 5.41) is 6.82. The van der Waals surface area contributed by atoms with Gasteiger partial charge in [0.05, 0.1) is 17.9 Å². The first-order valence-electron chi connectivity index (χ1n) is 6.44. The number of nitrogens with zero attached hydrogens (tertiary/aromatic N) is 3. The van der Waals surface area contributed by atoms with Crippen molar-refractivity contribution in [2.24, 2.45) is 0 Å². The van der Waals surface area contributed by atoms with Gasteiger partial charge in [-0.3, -0.25) is 4.39 Å². The van der Waals surface area contributed by atoms with E-state index in [-0.39, 0.29) is 0 Å². The summed E-state index contributed by atoms with van der Waals surface area (Å²) in [5.41, 5.74) is 1.25. The number of alkyl halides is 1. The minimum atomic E-state index is -0.424. The highest BCUT2D eigenvalue weighted by Gasteiger charge is 2.15. The van der Waals surface area contributed by atoms with Crippen molar-refractivity contribution >= 4 is 50.5 Å². The van der Waals surface area contributed by atoms with E-state index < -0.39 is 6.67 Å². The van der Waals surface area contributed by atoms with E-state index in [0.29, 0.717) is 38.5 Å². The highest BCUT2D eigenvalue weighted by atomic mass is 35.5. The first kappa shape index (κ1) is 14.0. The number of halogens is 3. The Labute approximate surface area is 138 Å². The van der Waals surface area contributed by atoms with Crippen LogP contribution < -0.4 is 0 Å². The van der Waals surface area contributed by atoms with Crippen LogP contribution in [-0.2, 0) is 6.42 Å². The fourth-order valence-corrected chi connectivity index (χ4v) is 3.61. The molecule has 3 heterocycles. The van der Waals surface area contributed by atoms with Gasteiger partial charge in [-0.1, -0.05) is 34.5 Å². The minimum Gasteiger partial charge on any atom is -0.454 e. The normalized spacial score (nSPS) is 11.8. The molecule has 22 heavy (non-hydrogen) atoms. The largest absolute Gasteiger partial charge is 0.454 e. The molecule has 0 amide bonds.